The summed E-state index contributed by atoms with van der Waals surface area (Å²) in [6.45, 7) is 2.20. The molecule has 0 unspecified atom stereocenters. The van der Waals surface area contributed by atoms with Crippen molar-refractivity contribution in [3.8, 4) is 11.4 Å². The van der Waals surface area contributed by atoms with Crippen LogP contribution in [-0.2, 0) is 11.3 Å². The minimum absolute atomic E-state index is 0.0144. The van der Waals surface area contributed by atoms with Crippen molar-refractivity contribution in [2.75, 3.05) is 24.7 Å². The standard InChI is InChI=1S/C22H23ClN4O2S/c1-30-17-6-4-5-16(13-17)24-22(28)15-9-11-27(12-10-15)14-20-25-21(26-29-20)18-7-2-3-8-19(18)23/h2-8,13,15H,9-12,14H2,1H3,(H,24,28). The number of hydrogen-bond donors (Lipinski definition) is 1. The highest BCUT2D eigenvalue weighted by atomic mass is 35.5. The van der Waals surface area contributed by atoms with Gasteiger partial charge < -0.3 is 9.84 Å². The minimum atomic E-state index is 0.0144. The first-order valence-electron chi connectivity index (χ1n) is 9.87. The number of nitrogens with one attached hydrogen (secondary N) is 1. The lowest BCUT2D eigenvalue weighted by atomic mass is 9.96. The van der Waals surface area contributed by atoms with Crippen molar-refractivity contribution in [3.05, 3.63) is 59.4 Å². The van der Waals surface area contributed by atoms with Crippen LogP contribution in [0.3, 0.4) is 0 Å². The van der Waals surface area contributed by atoms with Crippen molar-refractivity contribution in [3.63, 3.8) is 0 Å². The molecule has 1 aromatic heterocycles. The van der Waals surface area contributed by atoms with Crippen molar-refractivity contribution in [2.45, 2.75) is 24.3 Å². The van der Waals surface area contributed by atoms with Gasteiger partial charge in [0.2, 0.25) is 17.6 Å². The third-order valence-electron chi connectivity index (χ3n) is 5.24. The largest absolute Gasteiger partial charge is 0.338 e. The summed E-state index contributed by atoms with van der Waals surface area (Å²) in [6, 6.07) is 15.4. The summed E-state index contributed by atoms with van der Waals surface area (Å²) in [5, 5.41) is 7.70. The third kappa shape index (κ3) is 5.03. The minimum Gasteiger partial charge on any atom is -0.338 e. The van der Waals surface area contributed by atoms with Crippen molar-refractivity contribution in [1.29, 1.82) is 0 Å². The molecule has 1 amide bonds. The molecule has 1 fully saturated rings. The lowest BCUT2D eigenvalue weighted by molar-refractivity contribution is -0.121. The summed E-state index contributed by atoms with van der Waals surface area (Å²) in [6.07, 6.45) is 3.64. The fourth-order valence-electron chi connectivity index (χ4n) is 3.56. The third-order valence-corrected chi connectivity index (χ3v) is 6.29. The number of amides is 1. The van der Waals surface area contributed by atoms with E-state index >= 15 is 0 Å². The van der Waals surface area contributed by atoms with Crippen LogP contribution in [0.1, 0.15) is 18.7 Å². The van der Waals surface area contributed by atoms with E-state index in [1.807, 2.05) is 48.7 Å². The van der Waals surface area contributed by atoms with Crippen LogP contribution in [-0.4, -0.2) is 40.3 Å². The van der Waals surface area contributed by atoms with Crippen molar-refractivity contribution in [1.82, 2.24) is 15.0 Å². The van der Waals surface area contributed by atoms with E-state index in [1.54, 1.807) is 17.8 Å². The zero-order valence-electron chi connectivity index (χ0n) is 16.7. The molecule has 8 heteroatoms. The van der Waals surface area contributed by atoms with Gasteiger partial charge in [-0.15, -0.1) is 11.8 Å². The first kappa shape index (κ1) is 20.9. The number of halogens is 1. The zero-order chi connectivity index (χ0) is 20.9. The fraction of sp³-hybridized carbons (Fsp3) is 0.318. The van der Waals surface area contributed by atoms with Crippen LogP contribution in [0.2, 0.25) is 5.02 Å². The van der Waals surface area contributed by atoms with Gasteiger partial charge in [-0.1, -0.05) is 35.0 Å². The van der Waals surface area contributed by atoms with E-state index < -0.39 is 0 Å². The molecule has 30 heavy (non-hydrogen) atoms. The fourth-order valence-corrected chi connectivity index (χ4v) is 4.24. The van der Waals surface area contributed by atoms with Crippen LogP contribution in [0.15, 0.2) is 57.9 Å². The van der Waals surface area contributed by atoms with Crippen LogP contribution in [0.4, 0.5) is 5.69 Å². The average molecular weight is 443 g/mol. The first-order chi connectivity index (χ1) is 14.6. The molecule has 1 N–H and O–H groups in total. The van der Waals surface area contributed by atoms with E-state index in [4.69, 9.17) is 16.1 Å². The average Bonchev–Trinajstić information content (AvgIpc) is 3.23. The van der Waals surface area contributed by atoms with Crippen LogP contribution in [0.25, 0.3) is 11.4 Å². The Hall–Kier alpha value is -2.35. The van der Waals surface area contributed by atoms with Crippen molar-refractivity contribution < 1.29 is 9.32 Å². The highest BCUT2D eigenvalue weighted by Gasteiger charge is 2.26. The van der Waals surface area contributed by atoms with Gasteiger partial charge in [-0.2, -0.15) is 4.98 Å². The molecule has 2 heterocycles. The first-order valence-corrected chi connectivity index (χ1v) is 11.5. The van der Waals surface area contributed by atoms with E-state index in [1.165, 1.54) is 0 Å². The predicted octanol–water partition coefficient (Wildman–Crippen LogP) is 4.96. The Labute approximate surface area is 185 Å². The predicted molar refractivity (Wildman–Crippen MR) is 120 cm³/mol. The number of rotatable bonds is 6. The van der Waals surface area contributed by atoms with E-state index in [9.17, 15) is 4.79 Å². The van der Waals surface area contributed by atoms with Gasteiger partial charge in [0.1, 0.15) is 0 Å². The number of nitrogens with zero attached hydrogens (tertiary/aromatic N) is 3. The van der Waals surface area contributed by atoms with Gasteiger partial charge in [0.05, 0.1) is 11.6 Å². The van der Waals surface area contributed by atoms with Crippen LogP contribution < -0.4 is 5.32 Å². The summed E-state index contributed by atoms with van der Waals surface area (Å²) >= 11 is 7.87. The number of likely N-dealkylation sites (tertiary alicyclic amines) is 1. The Morgan fingerprint density at radius 1 is 1.23 bits per heavy atom. The summed E-state index contributed by atoms with van der Waals surface area (Å²) in [5.41, 5.74) is 1.61. The molecule has 0 bridgehead atoms. The molecule has 0 aliphatic carbocycles. The number of carbonyl (C=O) groups is 1. The quantitative estimate of drug-likeness (QED) is 0.544. The number of aromatic nitrogens is 2. The number of thioether (sulfide) groups is 1. The van der Waals surface area contributed by atoms with Crippen molar-refractivity contribution in [2.24, 2.45) is 5.92 Å². The van der Waals surface area contributed by atoms with E-state index in [0.717, 1.165) is 42.1 Å². The van der Waals surface area contributed by atoms with Crippen LogP contribution in [0, 0.1) is 5.92 Å². The smallest absolute Gasteiger partial charge is 0.241 e. The molecule has 3 aromatic rings. The summed E-state index contributed by atoms with van der Waals surface area (Å²) < 4.78 is 5.41. The molecule has 1 aliphatic heterocycles. The molecule has 156 valence electrons. The Balaban J connectivity index is 1.29. The number of piperidine rings is 1. The summed E-state index contributed by atoms with van der Waals surface area (Å²) in [5.74, 6) is 1.16. The highest BCUT2D eigenvalue weighted by Crippen LogP contribution is 2.26. The van der Waals surface area contributed by atoms with Gasteiger partial charge in [0.25, 0.3) is 0 Å². The second-order valence-electron chi connectivity index (χ2n) is 7.26. The Bertz CT molecular complexity index is 1020. The maximum absolute atomic E-state index is 12.6. The molecule has 6 nitrogen and oxygen atoms in total. The maximum Gasteiger partial charge on any atom is 0.241 e. The molecule has 0 radical (unpaired) electrons. The Morgan fingerprint density at radius 2 is 2.03 bits per heavy atom. The van der Waals surface area contributed by atoms with Gasteiger partial charge in [-0.25, -0.2) is 0 Å². The van der Waals surface area contributed by atoms with E-state index in [-0.39, 0.29) is 11.8 Å². The van der Waals surface area contributed by atoms with E-state index in [0.29, 0.717) is 23.3 Å². The molecule has 0 spiro atoms. The SMILES string of the molecule is CSc1cccc(NC(=O)C2CCN(Cc3nc(-c4ccccc4Cl)no3)CC2)c1. The van der Waals surface area contributed by atoms with Crippen molar-refractivity contribution >= 4 is 35.0 Å². The second kappa shape index (κ2) is 9.64. The highest BCUT2D eigenvalue weighted by molar-refractivity contribution is 7.98. The van der Waals surface area contributed by atoms with Crippen LogP contribution >= 0.6 is 23.4 Å². The molecular weight excluding hydrogens is 420 g/mol. The lowest BCUT2D eigenvalue weighted by Gasteiger charge is -2.30. The molecule has 0 atom stereocenters. The van der Waals surface area contributed by atoms with Crippen LogP contribution in [0.5, 0.6) is 0 Å². The van der Waals surface area contributed by atoms with Gasteiger partial charge in [-0.3, -0.25) is 9.69 Å². The topological polar surface area (TPSA) is 71.3 Å². The molecular formula is C22H23ClN4O2S. The van der Waals surface area contributed by atoms with Gasteiger partial charge in [-0.05, 0) is 62.5 Å². The van der Waals surface area contributed by atoms with Gasteiger partial charge in [0, 0.05) is 22.1 Å². The number of benzene rings is 2. The number of hydrogen-bond acceptors (Lipinski definition) is 6. The lowest BCUT2D eigenvalue weighted by Crippen LogP contribution is -2.37. The molecule has 4 rings (SSSR count). The normalized spacial score (nSPS) is 15.3. The summed E-state index contributed by atoms with van der Waals surface area (Å²) in [4.78, 5) is 20.5. The molecule has 1 saturated heterocycles. The Kier molecular flexibility index (Phi) is 6.72. The monoisotopic (exact) mass is 442 g/mol. The maximum atomic E-state index is 12.6. The second-order valence-corrected chi connectivity index (χ2v) is 8.55. The summed E-state index contributed by atoms with van der Waals surface area (Å²) in [7, 11) is 0. The molecule has 1 aliphatic rings. The van der Waals surface area contributed by atoms with Gasteiger partial charge in [0.15, 0.2) is 0 Å². The Morgan fingerprint density at radius 3 is 2.80 bits per heavy atom. The number of anilines is 1. The number of carbonyl (C=O) groups excluding carboxylic acids is 1. The van der Waals surface area contributed by atoms with E-state index in [2.05, 4.69) is 20.4 Å². The zero-order valence-corrected chi connectivity index (χ0v) is 18.2. The molecule has 0 saturated carbocycles. The van der Waals surface area contributed by atoms with Gasteiger partial charge >= 0.3 is 0 Å². The molecule has 2 aromatic carbocycles.